The highest BCUT2D eigenvalue weighted by molar-refractivity contribution is 7.99. The second-order valence-corrected chi connectivity index (χ2v) is 7.04. The number of carbonyl (C=O) groups is 1. The van der Waals surface area contributed by atoms with Crippen molar-refractivity contribution in [3.63, 3.8) is 0 Å². The first-order valence-electron chi connectivity index (χ1n) is 6.59. The molecule has 1 aromatic rings. The van der Waals surface area contributed by atoms with Crippen LogP contribution in [0.1, 0.15) is 24.0 Å². The number of carbonyl (C=O) groups excluding carboxylic acids is 1. The summed E-state index contributed by atoms with van der Waals surface area (Å²) < 4.78 is 5.33. The molecule has 7 heteroatoms. The Morgan fingerprint density at radius 1 is 1.75 bits per heavy atom. The minimum Gasteiger partial charge on any atom is -0.385 e. The summed E-state index contributed by atoms with van der Waals surface area (Å²) in [5.41, 5.74) is 0.0912. The van der Waals surface area contributed by atoms with Crippen molar-refractivity contribution in [1.82, 2.24) is 10.3 Å². The fourth-order valence-corrected chi connectivity index (χ4v) is 3.49. The summed E-state index contributed by atoms with van der Waals surface area (Å²) in [4.78, 5) is 16.1. The lowest BCUT2D eigenvalue weighted by Gasteiger charge is -2.26. The molecule has 1 aromatic heterocycles. The van der Waals surface area contributed by atoms with Crippen LogP contribution in [-0.4, -0.2) is 46.6 Å². The lowest BCUT2D eigenvalue weighted by Crippen LogP contribution is -2.47. The predicted octanol–water partition coefficient (Wildman–Crippen LogP) is 1.34. The van der Waals surface area contributed by atoms with E-state index in [4.69, 9.17) is 4.74 Å². The van der Waals surface area contributed by atoms with Crippen LogP contribution in [0.5, 0.6) is 0 Å². The summed E-state index contributed by atoms with van der Waals surface area (Å²) >= 11 is 3.15. The van der Waals surface area contributed by atoms with Gasteiger partial charge in [-0.25, -0.2) is 4.98 Å². The van der Waals surface area contributed by atoms with Gasteiger partial charge in [-0.15, -0.1) is 23.1 Å². The van der Waals surface area contributed by atoms with Gasteiger partial charge in [0.1, 0.15) is 5.60 Å². The molecule has 1 saturated heterocycles. The summed E-state index contributed by atoms with van der Waals surface area (Å²) in [5, 5.41) is 16.1. The lowest BCUT2D eigenvalue weighted by atomic mass is 9.97. The number of ether oxygens (including phenoxy) is 1. The molecule has 0 aromatic carbocycles. The third-order valence-electron chi connectivity index (χ3n) is 3.40. The van der Waals surface area contributed by atoms with Crippen molar-refractivity contribution in [2.75, 3.05) is 18.9 Å². The van der Waals surface area contributed by atoms with Gasteiger partial charge in [-0.05, 0) is 13.8 Å². The van der Waals surface area contributed by atoms with E-state index in [-0.39, 0.29) is 18.6 Å². The monoisotopic (exact) mass is 316 g/mol. The van der Waals surface area contributed by atoms with Gasteiger partial charge in [-0.3, -0.25) is 4.79 Å². The van der Waals surface area contributed by atoms with Gasteiger partial charge in [0.05, 0.1) is 22.6 Å². The molecule has 0 bridgehead atoms. The molecule has 1 amide bonds. The zero-order chi connectivity index (χ0) is 14.6. The first-order valence-corrected chi connectivity index (χ1v) is 8.62. The van der Waals surface area contributed by atoms with Crippen LogP contribution >= 0.6 is 23.1 Å². The van der Waals surface area contributed by atoms with E-state index in [1.165, 1.54) is 11.8 Å². The number of nitrogens with zero attached hydrogens (tertiary/aromatic N) is 1. The van der Waals surface area contributed by atoms with Crippen molar-refractivity contribution >= 4 is 29.0 Å². The van der Waals surface area contributed by atoms with E-state index >= 15 is 0 Å². The number of nitrogens with one attached hydrogen (secondary N) is 1. The van der Waals surface area contributed by atoms with Gasteiger partial charge in [0.25, 0.3) is 0 Å². The summed E-state index contributed by atoms with van der Waals surface area (Å²) in [6.07, 6.45) is 0.341. The maximum Gasteiger partial charge on any atom is 0.230 e. The Morgan fingerprint density at radius 2 is 2.55 bits per heavy atom. The highest BCUT2D eigenvalue weighted by atomic mass is 32.2. The number of amides is 1. The Bertz CT molecular complexity index is 466. The number of thioether (sulfide) groups is 1. The smallest absolute Gasteiger partial charge is 0.230 e. The molecule has 2 rings (SSSR count). The number of rotatable bonds is 6. The molecule has 2 N–H and O–H groups in total. The van der Waals surface area contributed by atoms with Crippen LogP contribution < -0.4 is 5.32 Å². The molecule has 1 fully saturated rings. The summed E-state index contributed by atoms with van der Waals surface area (Å²) in [6, 6.07) is 0. The van der Waals surface area contributed by atoms with Crippen molar-refractivity contribution in [2.45, 2.75) is 37.7 Å². The predicted molar refractivity (Wildman–Crippen MR) is 81.0 cm³/mol. The van der Waals surface area contributed by atoms with Gasteiger partial charge in [0.15, 0.2) is 0 Å². The second kappa shape index (κ2) is 6.89. The molecule has 112 valence electrons. The Labute approximate surface area is 127 Å². The minimum absolute atomic E-state index is 0.0607. The molecule has 0 spiro atoms. The first kappa shape index (κ1) is 15.8. The fourth-order valence-electron chi connectivity index (χ4n) is 2.03. The molecule has 1 aliphatic rings. The molecular weight excluding hydrogens is 296 g/mol. The Balaban J connectivity index is 1.65. The molecular formula is C13H20N2O3S2. The lowest BCUT2D eigenvalue weighted by molar-refractivity contribution is -0.120. The van der Waals surface area contributed by atoms with E-state index < -0.39 is 5.60 Å². The number of thiazole rings is 1. The van der Waals surface area contributed by atoms with Crippen molar-refractivity contribution in [1.29, 1.82) is 0 Å². The number of aromatic nitrogens is 1. The Kier molecular flexibility index (Phi) is 5.42. The van der Waals surface area contributed by atoms with Crippen LogP contribution in [0.15, 0.2) is 5.38 Å². The van der Waals surface area contributed by atoms with Crippen molar-refractivity contribution < 1.29 is 14.6 Å². The van der Waals surface area contributed by atoms with E-state index in [9.17, 15) is 9.90 Å². The van der Waals surface area contributed by atoms with Crippen LogP contribution in [0.3, 0.4) is 0 Å². The van der Waals surface area contributed by atoms with Gasteiger partial charge < -0.3 is 15.2 Å². The molecule has 2 unspecified atom stereocenters. The molecule has 0 saturated carbocycles. The van der Waals surface area contributed by atoms with Crippen LogP contribution in [-0.2, 0) is 15.3 Å². The summed E-state index contributed by atoms with van der Waals surface area (Å²) in [6.45, 7) is 4.60. The maximum absolute atomic E-state index is 11.7. The van der Waals surface area contributed by atoms with E-state index in [0.717, 1.165) is 16.5 Å². The molecule has 0 aliphatic carbocycles. The normalized spacial score (nSPS) is 25.9. The van der Waals surface area contributed by atoms with Crippen LogP contribution in [0.25, 0.3) is 0 Å². The third kappa shape index (κ3) is 4.18. The van der Waals surface area contributed by atoms with Crippen molar-refractivity contribution in [3.05, 3.63) is 16.1 Å². The number of aryl methyl sites for hydroxylation is 1. The molecule has 2 atom stereocenters. The molecule has 5 nitrogen and oxygen atoms in total. The number of aliphatic hydroxyl groups is 1. The highest BCUT2D eigenvalue weighted by Crippen LogP contribution is 2.24. The average Bonchev–Trinajstić information content (AvgIpc) is 2.95. The summed E-state index contributed by atoms with van der Waals surface area (Å²) in [5.74, 6) is 1.05. The number of hydrogen-bond acceptors (Lipinski definition) is 6. The van der Waals surface area contributed by atoms with Gasteiger partial charge >= 0.3 is 0 Å². The summed E-state index contributed by atoms with van der Waals surface area (Å²) in [7, 11) is 0. The quantitative estimate of drug-likeness (QED) is 0.829. The van der Waals surface area contributed by atoms with Gasteiger partial charge in [-0.1, -0.05) is 0 Å². The van der Waals surface area contributed by atoms with Gasteiger partial charge in [-0.2, -0.15) is 0 Å². The fraction of sp³-hybridized carbons (Fsp3) is 0.692. The van der Waals surface area contributed by atoms with Crippen LogP contribution in [0.4, 0.5) is 0 Å². The van der Waals surface area contributed by atoms with Gasteiger partial charge in [0, 0.05) is 30.7 Å². The second-order valence-electron chi connectivity index (χ2n) is 4.99. The largest absolute Gasteiger partial charge is 0.385 e. The van der Waals surface area contributed by atoms with Crippen molar-refractivity contribution in [3.8, 4) is 0 Å². The number of hydrogen-bond donors (Lipinski definition) is 2. The van der Waals surface area contributed by atoms with E-state index in [2.05, 4.69) is 10.3 Å². The molecule has 0 radical (unpaired) electrons. The zero-order valence-electron chi connectivity index (χ0n) is 11.7. The van der Waals surface area contributed by atoms with E-state index in [0.29, 0.717) is 18.8 Å². The highest BCUT2D eigenvalue weighted by Gasteiger charge is 2.39. The Morgan fingerprint density at radius 3 is 3.15 bits per heavy atom. The molecule has 20 heavy (non-hydrogen) atoms. The average molecular weight is 316 g/mol. The zero-order valence-corrected chi connectivity index (χ0v) is 13.4. The van der Waals surface area contributed by atoms with Crippen molar-refractivity contribution in [2.24, 2.45) is 0 Å². The standard InChI is InChI=1S/C13H20N2O3S2/c1-9-13(17,3-4-18-9)8-14-12(16)7-19-5-11-6-20-10(2)15-11/h6,9,17H,3-5,7-8H2,1-2H3,(H,14,16). The van der Waals surface area contributed by atoms with E-state index in [1.54, 1.807) is 11.3 Å². The van der Waals surface area contributed by atoms with Gasteiger partial charge in [0.2, 0.25) is 5.91 Å². The first-order chi connectivity index (χ1) is 9.49. The maximum atomic E-state index is 11.7. The molecule has 1 aliphatic heterocycles. The van der Waals surface area contributed by atoms with Crippen LogP contribution in [0, 0.1) is 6.92 Å². The minimum atomic E-state index is -0.924. The topological polar surface area (TPSA) is 71.5 Å². The van der Waals surface area contributed by atoms with E-state index in [1.807, 2.05) is 19.2 Å². The Hall–Kier alpha value is -0.630. The van der Waals surface area contributed by atoms with Crippen LogP contribution in [0.2, 0.25) is 0 Å². The molecule has 2 heterocycles. The third-order valence-corrected chi connectivity index (χ3v) is 5.19. The SMILES string of the molecule is Cc1nc(CSCC(=O)NCC2(O)CCOC2C)cs1.